The molecule has 0 bridgehead atoms. The van der Waals surface area contributed by atoms with Crippen LogP contribution in [0, 0.1) is 6.92 Å². The van der Waals surface area contributed by atoms with Crippen LogP contribution in [0.4, 0.5) is 5.82 Å². The average Bonchev–Trinajstić information content (AvgIpc) is 2.85. The third-order valence-electron chi connectivity index (χ3n) is 3.40. The summed E-state index contributed by atoms with van der Waals surface area (Å²) in [6, 6.07) is 12.4. The number of nitrogens with zero attached hydrogens (tertiary/aromatic N) is 3. The van der Waals surface area contributed by atoms with E-state index in [4.69, 9.17) is 4.98 Å². The van der Waals surface area contributed by atoms with Crippen molar-refractivity contribution in [2.75, 3.05) is 11.9 Å². The van der Waals surface area contributed by atoms with Crippen LogP contribution in [-0.4, -0.2) is 21.3 Å². The summed E-state index contributed by atoms with van der Waals surface area (Å²) >= 11 is 0. The molecule has 0 fully saturated rings. The predicted molar refractivity (Wildman–Crippen MR) is 82.0 cm³/mol. The van der Waals surface area contributed by atoms with Gasteiger partial charge in [-0.3, -0.25) is 4.68 Å². The second kappa shape index (κ2) is 5.33. The van der Waals surface area contributed by atoms with Crippen LogP contribution in [0.5, 0.6) is 0 Å². The lowest BCUT2D eigenvalue weighted by atomic mass is 10.1. The molecule has 3 aromatic rings. The molecule has 0 unspecified atom stereocenters. The second-order valence-corrected chi connectivity index (χ2v) is 4.85. The number of hydrogen-bond donors (Lipinski definition) is 1. The molecule has 2 heterocycles. The smallest absolute Gasteiger partial charge is 0.131 e. The van der Waals surface area contributed by atoms with E-state index in [9.17, 15) is 0 Å². The van der Waals surface area contributed by atoms with Gasteiger partial charge in [0.25, 0.3) is 0 Å². The topological polar surface area (TPSA) is 42.7 Å². The zero-order chi connectivity index (χ0) is 13.9. The molecule has 0 spiro atoms. The first-order valence-corrected chi connectivity index (χ1v) is 6.89. The Kier molecular flexibility index (Phi) is 3.37. The molecule has 2 aromatic heterocycles. The zero-order valence-electron chi connectivity index (χ0n) is 11.8. The highest BCUT2D eigenvalue weighted by molar-refractivity contribution is 5.81. The van der Waals surface area contributed by atoms with Crippen LogP contribution in [0.25, 0.3) is 10.9 Å². The Bertz CT molecular complexity index is 730. The number of nitrogens with one attached hydrogen (secondary N) is 1. The van der Waals surface area contributed by atoms with E-state index in [1.807, 2.05) is 35.1 Å². The van der Waals surface area contributed by atoms with Gasteiger partial charge in [0.05, 0.1) is 12.1 Å². The number of para-hydroxylation sites is 1. The molecule has 0 aliphatic carbocycles. The number of aryl methyl sites for hydroxylation is 1. The van der Waals surface area contributed by atoms with Gasteiger partial charge < -0.3 is 5.32 Å². The van der Waals surface area contributed by atoms with Crippen LogP contribution in [0.1, 0.15) is 18.2 Å². The van der Waals surface area contributed by atoms with Gasteiger partial charge in [0.1, 0.15) is 5.82 Å². The first kappa shape index (κ1) is 12.7. The zero-order valence-corrected chi connectivity index (χ0v) is 11.8. The fraction of sp³-hybridized carbons (Fsp3) is 0.250. The Morgan fingerprint density at radius 1 is 1.20 bits per heavy atom. The normalized spacial score (nSPS) is 10.9. The van der Waals surface area contributed by atoms with Crippen molar-refractivity contribution in [1.29, 1.82) is 0 Å². The highest BCUT2D eigenvalue weighted by atomic mass is 15.3. The van der Waals surface area contributed by atoms with Crippen LogP contribution in [0.3, 0.4) is 0 Å². The van der Waals surface area contributed by atoms with Gasteiger partial charge in [-0.05, 0) is 32.0 Å². The molecular formula is C16H18N4. The number of pyridine rings is 1. The summed E-state index contributed by atoms with van der Waals surface area (Å²) in [5.74, 6) is 0.945. The lowest BCUT2D eigenvalue weighted by Gasteiger charge is -2.12. The summed E-state index contributed by atoms with van der Waals surface area (Å²) in [6.07, 6.45) is 1.83. The molecule has 1 aromatic carbocycles. The van der Waals surface area contributed by atoms with Gasteiger partial charge in [-0.15, -0.1) is 0 Å². The molecular weight excluding hydrogens is 248 g/mol. The summed E-state index contributed by atoms with van der Waals surface area (Å²) < 4.78 is 1.99. The Morgan fingerprint density at radius 3 is 2.80 bits per heavy atom. The molecule has 0 aliphatic rings. The van der Waals surface area contributed by atoms with E-state index in [0.717, 1.165) is 41.1 Å². The first-order valence-electron chi connectivity index (χ1n) is 6.89. The number of rotatable bonds is 4. The van der Waals surface area contributed by atoms with Crippen molar-refractivity contribution < 1.29 is 0 Å². The summed E-state index contributed by atoms with van der Waals surface area (Å²) in [5, 5.41) is 8.86. The summed E-state index contributed by atoms with van der Waals surface area (Å²) in [5.41, 5.74) is 3.34. The number of anilines is 1. The predicted octanol–water partition coefficient (Wildman–Crippen LogP) is 3.22. The standard InChI is InChI=1S/C16H18N4/c1-3-17-16-14(11-20-12(2)8-9-18-20)10-13-6-4-5-7-15(13)19-16/h4-10H,3,11H2,1-2H3,(H,17,19). The van der Waals surface area contributed by atoms with Crippen molar-refractivity contribution in [2.24, 2.45) is 0 Å². The fourth-order valence-corrected chi connectivity index (χ4v) is 2.33. The molecule has 0 aliphatic heterocycles. The van der Waals surface area contributed by atoms with E-state index >= 15 is 0 Å². The third-order valence-corrected chi connectivity index (χ3v) is 3.40. The molecule has 4 heteroatoms. The van der Waals surface area contributed by atoms with Gasteiger partial charge in [0.15, 0.2) is 0 Å². The molecule has 4 nitrogen and oxygen atoms in total. The van der Waals surface area contributed by atoms with E-state index in [-0.39, 0.29) is 0 Å². The molecule has 0 radical (unpaired) electrons. The summed E-state index contributed by atoms with van der Waals surface area (Å²) in [6.45, 7) is 5.74. The van der Waals surface area contributed by atoms with Gasteiger partial charge in [-0.1, -0.05) is 18.2 Å². The second-order valence-electron chi connectivity index (χ2n) is 4.85. The van der Waals surface area contributed by atoms with Gasteiger partial charge in [-0.2, -0.15) is 5.10 Å². The van der Waals surface area contributed by atoms with Crippen molar-refractivity contribution in [3.63, 3.8) is 0 Å². The average molecular weight is 266 g/mol. The highest BCUT2D eigenvalue weighted by Crippen LogP contribution is 2.21. The lowest BCUT2D eigenvalue weighted by molar-refractivity contribution is 0.665. The molecule has 3 rings (SSSR count). The van der Waals surface area contributed by atoms with Crippen LogP contribution in [0.15, 0.2) is 42.6 Å². The SMILES string of the molecule is CCNc1nc2ccccc2cc1Cn1nccc1C. The Hall–Kier alpha value is -2.36. The van der Waals surface area contributed by atoms with E-state index in [1.165, 1.54) is 0 Å². The van der Waals surface area contributed by atoms with Gasteiger partial charge >= 0.3 is 0 Å². The highest BCUT2D eigenvalue weighted by Gasteiger charge is 2.08. The molecule has 20 heavy (non-hydrogen) atoms. The van der Waals surface area contributed by atoms with Gasteiger partial charge in [0, 0.05) is 29.4 Å². The minimum absolute atomic E-state index is 0.735. The van der Waals surface area contributed by atoms with Crippen LogP contribution < -0.4 is 5.32 Å². The largest absolute Gasteiger partial charge is 0.370 e. The minimum atomic E-state index is 0.735. The quantitative estimate of drug-likeness (QED) is 0.788. The van der Waals surface area contributed by atoms with E-state index in [1.54, 1.807) is 0 Å². The molecule has 0 atom stereocenters. The maximum Gasteiger partial charge on any atom is 0.131 e. The number of benzene rings is 1. The lowest BCUT2D eigenvalue weighted by Crippen LogP contribution is -2.09. The van der Waals surface area contributed by atoms with E-state index in [2.05, 4.69) is 36.4 Å². The molecule has 0 saturated carbocycles. The Labute approximate surface area is 118 Å². The maximum atomic E-state index is 4.72. The maximum absolute atomic E-state index is 4.72. The van der Waals surface area contributed by atoms with Gasteiger partial charge in [-0.25, -0.2) is 4.98 Å². The number of hydrogen-bond acceptors (Lipinski definition) is 3. The number of aromatic nitrogens is 3. The van der Waals surface area contributed by atoms with E-state index < -0.39 is 0 Å². The van der Waals surface area contributed by atoms with Crippen LogP contribution in [0.2, 0.25) is 0 Å². The monoisotopic (exact) mass is 266 g/mol. The molecule has 1 N–H and O–H groups in total. The summed E-state index contributed by atoms with van der Waals surface area (Å²) in [7, 11) is 0. The van der Waals surface area contributed by atoms with Crippen LogP contribution >= 0.6 is 0 Å². The third kappa shape index (κ3) is 2.37. The van der Waals surface area contributed by atoms with Crippen molar-refractivity contribution in [3.05, 3.63) is 53.9 Å². The van der Waals surface area contributed by atoms with E-state index in [0.29, 0.717) is 0 Å². The van der Waals surface area contributed by atoms with Crippen molar-refractivity contribution in [3.8, 4) is 0 Å². The van der Waals surface area contributed by atoms with Gasteiger partial charge in [0.2, 0.25) is 0 Å². The Balaban J connectivity index is 2.07. The van der Waals surface area contributed by atoms with Crippen LogP contribution in [-0.2, 0) is 6.54 Å². The van der Waals surface area contributed by atoms with Crippen molar-refractivity contribution in [2.45, 2.75) is 20.4 Å². The number of fused-ring (bicyclic) bond motifs is 1. The molecule has 0 amide bonds. The van der Waals surface area contributed by atoms with Crippen molar-refractivity contribution in [1.82, 2.24) is 14.8 Å². The first-order chi connectivity index (χ1) is 9.78. The Morgan fingerprint density at radius 2 is 2.05 bits per heavy atom. The molecule has 0 saturated heterocycles. The van der Waals surface area contributed by atoms with Crippen molar-refractivity contribution >= 4 is 16.7 Å². The molecule has 102 valence electrons. The fourth-order valence-electron chi connectivity index (χ4n) is 2.33. The minimum Gasteiger partial charge on any atom is -0.370 e. The summed E-state index contributed by atoms with van der Waals surface area (Å²) in [4.78, 5) is 4.72.